The van der Waals surface area contributed by atoms with Gasteiger partial charge in [-0.05, 0) is 36.4 Å². The Hall–Kier alpha value is -2.20. The van der Waals surface area contributed by atoms with Crippen LogP contribution in [0.1, 0.15) is 10.4 Å². The summed E-state index contributed by atoms with van der Waals surface area (Å²) in [5, 5.41) is 0.671. The summed E-state index contributed by atoms with van der Waals surface area (Å²) >= 11 is 6.06. The number of nitrogens with zero attached hydrogens (tertiary/aromatic N) is 1. The van der Waals surface area contributed by atoms with Gasteiger partial charge in [-0.25, -0.2) is 4.79 Å². The van der Waals surface area contributed by atoms with Crippen LogP contribution in [0.25, 0.3) is 0 Å². The van der Waals surface area contributed by atoms with Crippen LogP contribution in [-0.4, -0.2) is 26.2 Å². The molecule has 1 aliphatic rings. The molecule has 0 aliphatic carbocycles. The van der Waals surface area contributed by atoms with E-state index in [9.17, 15) is 4.79 Å². The van der Waals surface area contributed by atoms with Crippen molar-refractivity contribution in [1.82, 2.24) is 0 Å². The maximum absolute atomic E-state index is 11.7. The second-order valence-corrected chi connectivity index (χ2v) is 5.09. The summed E-state index contributed by atoms with van der Waals surface area (Å²) in [4.78, 5) is 13.8. The minimum Gasteiger partial charge on any atom is -0.490 e. The van der Waals surface area contributed by atoms with Crippen molar-refractivity contribution in [2.75, 3.05) is 25.2 Å². The predicted molar refractivity (Wildman–Crippen MR) is 81.7 cm³/mol. The Kier molecular flexibility index (Phi) is 3.71. The third kappa shape index (κ3) is 2.67. The molecule has 0 amide bonds. The quantitative estimate of drug-likeness (QED) is 0.794. The van der Waals surface area contributed by atoms with Crippen LogP contribution in [0.15, 0.2) is 42.5 Å². The number of carbonyl (C=O) groups excluding carboxylic acids is 1. The van der Waals surface area contributed by atoms with E-state index in [1.54, 1.807) is 18.2 Å². The minimum absolute atomic E-state index is 0.366. The van der Waals surface area contributed by atoms with Gasteiger partial charge in [0.25, 0.3) is 0 Å². The molecule has 2 aromatic rings. The minimum atomic E-state index is -0.366. The lowest BCUT2D eigenvalue weighted by Gasteiger charge is -2.31. The highest BCUT2D eigenvalue weighted by atomic mass is 35.5. The molecule has 0 saturated carbocycles. The Balaban J connectivity index is 2.05. The van der Waals surface area contributed by atoms with Gasteiger partial charge in [-0.1, -0.05) is 17.7 Å². The molecule has 21 heavy (non-hydrogen) atoms. The number of fused-ring (bicyclic) bond motifs is 1. The normalized spacial score (nSPS) is 13.3. The molecule has 4 nitrogen and oxygen atoms in total. The maximum Gasteiger partial charge on any atom is 0.337 e. The van der Waals surface area contributed by atoms with Gasteiger partial charge in [0.15, 0.2) is 0 Å². The molecule has 0 bridgehead atoms. The lowest BCUT2D eigenvalue weighted by molar-refractivity contribution is 0.0600. The van der Waals surface area contributed by atoms with Gasteiger partial charge in [-0.15, -0.1) is 0 Å². The number of esters is 1. The standard InChI is InChI=1S/C16H14ClNO3/c1-20-16(19)11-5-6-15-14(9-11)18(7-8-21-15)13-4-2-3-12(17)10-13/h2-6,9-10H,7-8H2,1H3. The third-order valence-corrected chi connectivity index (χ3v) is 3.60. The van der Waals surface area contributed by atoms with Crippen molar-refractivity contribution in [3.05, 3.63) is 53.1 Å². The molecule has 0 unspecified atom stereocenters. The van der Waals surface area contributed by atoms with Crippen LogP contribution in [0.2, 0.25) is 5.02 Å². The first kappa shape index (κ1) is 13.8. The number of rotatable bonds is 2. The Morgan fingerprint density at radius 1 is 1.29 bits per heavy atom. The maximum atomic E-state index is 11.7. The molecule has 1 heterocycles. The highest BCUT2D eigenvalue weighted by Gasteiger charge is 2.21. The molecule has 0 aromatic heterocycles. The lowest BCUT2D eigenvalue weighted by atomic mass is 10.1. The second kappa shape index (κ2) is 5.66. The SMILES string of the molecule is COC(=O)c1ccc2c(c1)N(c1cccc(Cl)c1)CCO2. The van der Waals surface area contributed by atoms with Crippen LogP contribution >= 0.6 is 11.6 Å². The molecule has 1 aliphatic heterocycles. The topological polar surface area (TPSA) is 38.8 Å². The average molecular weight is 304 g/mol. The van der Waals surface area contributed by atoms with Gasteiger partial charge < -0.3 is 14.4 Å². The van der Waals surface area contributed by atoms with E-state index < -0.39 is 0 Å². The van der Waals surface area contributed by atoms with Gasteiger partial charge in [-0.2, -0.15) is 0 Å². The molecule has 0 fully saturated rings. The number of carbonyl (C=O) groups is 1. The van der Waals surface area contributed by atoms with Crippen LogP contribution in [0.3, 0.4) is 0 Å². The molecule has 5 heteroatoms. The number of hydrogen-bond donors (Lipinski definition) is 0. The number of methoxy groups -OCH3 is 1. The van der Waals surface area contributed by atoms with Crippen LogP contribution in [0.4, 0.5) is 11.4 Å². The summed E-state index contributed by atoms with van der Waals surface area (Å²) in [7, 11) is 1.37. The van der Waals surface area contributed by atoms with E-state index in [-0.39, 0.29) is 5.97 Å². The zero-order valence-corrected chi connectivity index (χ0v) is 12.3. The summed E-state index contributed by atoms with van der Waals surface area (Å²) in [5.41, 5.74) is 2.30. The number of benzene rings is 2. The van der Waals surface area contributed by atoms with E-state index in [1.807, 2.05) is 24.3 Å². The lowest BCUT2D eigenvalue weighted by Crippen LogP contribution is -2.28. The molecule has 3 rings (SSSR count). The van der Waals surface area contributed by atoms with E-state index in [2.05, 4.69) is 4.90 Å². The van der Waals surface area contributed by atoms with Gasteiger partial charge in [0.1, 0.15) is 12.4 Å². The third-order valence-electron chi connectivity index (χ3n) is 3.36. The number of halogens is 1. The van der Waals surface area contributed by atoms with Crippen molar-refractivity contribution in [3.8, 4) is 5.75 Å². The fourth-order valence-corrected chi connectivity index (χ4v) is 2.56. The molecule has 0 N–H and O–H groups in total. The first-order chi connectivity index (χ1) is 10.2. The van der Waals surface area contributed by atoms with Crippen LogP contribution in [0.5, 0.6) is 5.75 Å². The highest BCUT2D eigenvalue weighted by Crippen LogP contribution is 2.38. The van der Waals surface area contributed by atoms with E-state index in [0.29, 0.717) is 23.7 Å². The Labute approximate surface area is 127 Å². The van der Waals surface area contributed by atoms with Crippen LogP contribution < -0.4 is 9.64 Å². The average Bonchev–Trinajstić information content (AvgIpc) is 2.53. The molecule has 0 spiro atoms. The number of anilines is 2. The van der Waals surface area contributed by atoms with Gasteiger partial charge in [0.05, 0.1) is 24.9 Å². The Morgan fingerprint density at radius 3 is 2.90 bits per heavy atom. The highest BCUT2D eigenvalue weighted by molar-refractivity contribution is 6.30. The monoisotopic (exact) mass is 303 g/mol. The molecule has 0 radical (unpaired) electrons. The van der Waals surface area contributed by atoms with E-state index >= 15 is 0 Å². The van der Waals surface area contributed by atoms with E-state index in [4.69, 9.17) is 21.1 Å². The number of ether oxygens (including phenoxy) is 2. The number of hydrogen-bond acceptors (Lipinski definition) is 4. The van der Waals surface area contributed by atoms with Crippen molar-refractivity contribution in [1.29, 1.82) is 0 Å². The van der Waals surface area contributed by atoms with Crippen LogP contribution in [-0.2, 0) is 4.74 Å². The summed E-state index contributed by atoms with van der Waals surface area (Å²) in [6.07, 6.45) is 0. The molecule has 108 valence electrons. The first-order valence-corrected chi connectivity index (χ1v) is 6.95. The van der Waals surface area contributed by atoms with E-state index in [1.165, 1.54) is 7.11 Å². The first-order valence-electron chi connectivity index (χ1n) is 6.57. The van der Waals surface area contributed by atoms with Gasteiger partial charge >= 0.3 is 5.97 Å². The smallest absolute Gasteiger partial charge is 0.337 e. The molecular weight excluding hydrogens is 290 g/mol. The fraction of sp³-hybridized carbons (Fsp3) is 0.188. The van der Waals surface area contributed by atoms with Crippen molar-refractivity contribution in [2.45, 2.75) is 0 Å². The van der Waals surface area contributed by atoms with Gasteiger partial charge in [0, 0.05) is 10.7 Å². The van der Waals surface area contributed by atoms with Crippen LogP contribution in [0, 0.1) is 0 Å². The molecular formula is C16H14ClNO3. The zero-order chi connectivity index (χ0) is 14.8. The van der Waals surface area contributed by atoms with Crippen molar-refractivity contribution in [2.24, 2.45) is 0 Å². The summed E-state index contributed by atoms with van der Waals surface area (Å²) in [6, 6.07) is 12.9. The summed E-state index contributed by atoms with van der Waals surface area (Å²) in [5.74, 6) is 0.378. The molecule has 0 saturated heterocycles. The van der Waals surface area contributed by atoms with Gasteiger partial charge in [0.2, 0.25) is 0 Å². The largest absolute Gasteiger partial charge is 0.490 e. The van der Waals surface area contributed by atoms with Crippen molar-refractivity contribution >= 4 is 28.9 Å². The van der Waals surface area contributed by atoms with Crippen molar-refractivity contribution in [3.63, 3.8) is 0 Å². The second-order valence-electron chi connectivity index (χ2n) is 4.65. The Morgan fingerprint density at radius 2 is 2.14 bits per heavy atom. The summed E-state index contributed by atoms with van der Waals surface area (Å²) in [6.45, 7) is 1.27. The fourth-order valence-electron chi connectivity index (χ4n) is 2.37. The molecule has 2 aromatic carbocycles. The van der Waals surface area contributed by atoms with E-state index in [0.717, 1.165) is 17.1 Å². The van der Waals surface area contributed by atoms with Crippen molar-refractivity contribution < 1.29 is 14.3 Å². The van der Waals surface area contributed by atoms with Gasteiger partial charge in [-0.3, -0.25) is 0 Å². The summed E-state index contributed by atoms with van der Waals surface area (Å²) < 4.78 is 10.4. The Bertz CT molecular complexity index is 687. The molecule has 0 atom stereocenters. The predicted octanol–water partition coefficient (Wildman–Crippen LogP) is 3.66. The zero-order valence-electron chi connectivity index (χ0n) is 11.5.